The fourth-order valence-electron chi connectivity index (χ4n) is 10.0. The van der Waals surface area contributed by atoms with Gasteiger partial charge in [-0.15, -0.1) is 11.3 Å². The molecule has 0 amide bonds. The van der Waals surface area contributed by atoms with Gasteiger partial charge in [-0.1, -0.05) is 140 Å². The minimum Gasteiger partial charge on any atom is -0.456 e. The Bertz CT molecular complexity index is 4260. The SMILES string of the molecule is c1ccc(-c2nc(-c3ccc4c(c3)oc3ccccc34)nc(-c3ccc(-n4c5ccccc5c5cc6ccccc6cc54)cc3-c3cc4ccccc4c4sc5ccccc5c34)n2)cc1. The molecule has 14 rings (SSSR count). The van der Waals surface area contributed by atoms with Gasteiger partial charge in [-0.3, -0.25) is 0 Å². The van der Waals surface area contributed by atoms with Gasteiger partial charge < -0.3 is 8.98 Å². The lowest BCUT2D eigenvalue weighted by Crippen LogP contribution is -2.02. The van der Waals surface area contributed by atoms with Gasteiger partial charge in [0.25, 0.3) is 0 Å². The third kappa shape index (κ3) is 5.61. The van der Waals surface area contributed by atoms with Crippen molar-refractivity contribution in [3.8, 4) is 51.0 Å². The maximum Gasteiger partial charge on any atom is 0.164 e. The van der Waals surface area contributed by atoms with Crippen molar-refractivity contribution in [2.75, 3.05) is 0 Å². The molecule has 65 heavy (non-hydrogen) atoms. The molecule has 0 saturated carbocycles. The number of fused-ring (bicyclic) bond motifs is 12. The second kappa shape index (κ2) is 14.0. The van der Waals surface area contributed by atoms with Crippen LogP contribution in [-0.2, 0) is 0 Å². The molecule has 14 aromatic rings. The number of rotatable bonds is 5. The molecule has 10 aromatic carbocycles. The van der Waals surface area contributed by atoms with Gasteiger partial charge >= 0.3 is 0 Å². The predicted octanol–water partition coefficient (Wildman–Crippen LogP) is 16.2. The minimum atomic E-state index is 0.574. The van der Waals surface area contributed by atoms with E-state index in [1.807, 2.05) is 47.7 Å². The van der Waals surface area contributed by atoms with E-state index in [0.717, 1.165) is 66.5 Å². The van der Waals surface area contributed by atoms with E-state index in [4.69, 9.17) is 19.4 Å². The van der Waals surface area contributed by atoms with Crippen molar-refractivity contribution < 1.29 is 4.42 Å². The number of thiophene rings is 1. The Balaban J connectivity index is 1.08. The molecule has 0 saturated heterocycles. The van der Waals surface area contributed by atoms with E-state index in [-0.39, 0.29) is 0 Å². The van der Waals surface area contributed by atoms with E-state index in [1.165, 1.54) is 52.5 Å². The van der Waals surface area contributed by atoms with Crippen molar-refractivity contribution in [2.45, 2.75) is 0 Å². The Morgan fingerprint density at radius 1 is 0.369 bits per heavy atom. The largest absolute Gasteiger partial charge is 0.456 e. The summed E-state index contributed by atoms with van der Waals surface area (Å²) in [5, 5.41) is 11.9. The normalized spacial score (nSPS) is 12.0. The Morgan fingerprint density at radius 3 is 1.89 bits per heavy atom. The van der Waals surface area contributed by atoms with Gasteiger partial charge in [0.2, 0.25) is 0 Å². The third-order valence-electron chi connectivity index (χ3n) is 13.0. The topological polar surface area (TPSA) is 56.7 Å². The summed E-state index contributed by atoms with van der Waals surface area (Å²) in [6.45, 7) is 0. The van der Waals surface area contributed by atoms with E-state index in [0.29, 0.717) is 17.5 Å². The first-order chi connectivity index (χ1) is 32.2. The van der Waals surface area contributed by atoms with Crippen LogP contribution in [0.2, 0.25) is 0 Å². The lowest BCUT2D eigenvalue weighted by atomic mass is 9.91. The first kappa shape index (κ1) is 36.1. The lowest BCUT2D eigenvalue weighted by Gasteiger charge is -2.17. The Hall–Kier alpha value is -8.45. The fourth-order valence-corrected chi connectivity index (χ4v) is 11.3. The van der Waals surface area contributed by atoms with Gasteiger partial charge in [0.1, 0.15) is 11.2 Å². The average Bonchev–Trinajstić information content (AvgIpc) is 4.05. The molecule has 0 unspecified atom stereocenters. The van der Waals surface area contributed by atoms with Crippen LogP contribution < -0.4 is 0 Å². The predicted molar refractivity (Wildman–Crippen MR) is 271 cm³/mol. The highest BCUT2D eigenvalue weighted by molar-refractivity contribution is 7.26. The van der Waals surface area contributed by atoms with E-state index >= 15 is 0 Å². The lowest BCUT2D eigenvalue weighted by molar-refractivity contribution is 0.669. The van der Waals surface area contributed by atoms with Crippen molar-refractivity contribution >= 4 is 96.8 Å². The standard InChI is InChI=1S/C59H34N4OS/c1-2-14-35(15-3-1)57-60-58(39-26-28-44-43-21-9-12-24-52(43)64-53(44)33-39)62-59(61-57)45-29-27-40(63-50-23-11-8-20-42(50)48-30-36-16-4-5-17-37(36)32-51(48)63)34-47(45)49-31-38-18-6-7-19-41(38)56-55(49)46-22-10-13-25-54(46)65-56/h1-34H. The minimum absolute atomic E-state index is 0.574. The van der Waals surface area contributed by atoms with Crippen molar-refractivity contribution in [1.29, 1.82) is 0 Å². The number of para-hydroxylation sites is 2. The smallest absolute Gasteiger partial charge is 0.164 e. The summed E-state index contributed by atoms with van der Waals surface area (Å²) < 4.78 is 11.3. The molecule has 6 heteroatoms. The highest BCUT2D eigenvalue weighted by atomic mass is 32.1. The number of hydrogen-bond acceptors (Lipinski definition) is 5. The molecule has 5 nitrogen and oxygen atoms in total. The second-order valence-electron chi connectivity index (χ2n) is 16.7. The summed E-state index contributed by atoms with van der Waals surface area (Å²) in [6.07, 6.45) is 0. The van der Waals surface area contributed by atoms with Crippen molar-refractivity contribution in [2.24, 2.45) is 0 Å². The zero-order valence-corrected chi connectivity index (χ0v) is 35.6. The van der Waals surface area contributed by atoms with E-state index < -0.39 is 0 Å². The van der Waals surface area contributed by atoms with Crippen molar-refractivity contribution in [3.05, 3.63) is 206 Å². The molecule has 0 fully saturated rings. The summed E-state index contributed by atoms with van der Waals surface area (Å²) in [5.74, 6) is 1.77. The van der Waals surface area contributed by atoms with Crippen LogP contribution in [0.4, 0.5) is 0 Å². The number of nitrogens with zero attached hydrogens (tertiary/aromatic N) is 4. The summed E-state index contributed by atoms with van der Waals surface area (Å²) in [6, 6.07) is 73.4. The number of hydrogen-bond donors (Lipinski definition) is 0. The van der Waals surface area contributed by atoms with E-state index in [9.17, 15) is 0 Å². The molecule has 0 atom stereocenters. The van der Waals surface area contributed by atoms with Gasteiger partial charge in [0, 0.05) is 64.1 Å². The quantitative estimate of drug-likeness (QED) is 0.173. The van der Waals surface area contributed by atoms with Crippen LogP contribution in [0.5, 0.6) is 0 Å². The Kier molecular flexibility index (Phi) is 7.79. The Labute approximate surface area is 376 Å². The molecular formula is C59H34N4OS. The number of benzene rings is 10. The molecule has 0 spiro atoms. The number of furan rings is 1. The monoisotopic (exact) mass is 846 g/mol. The van der Waals surface area contributed by atoms with Crippen LogP contribution in [-0.4, -0.2) is 19.5 Å². The van der Waals surface area contributed by atoms with E-state index in [1.54, 1.807) is 0 Å². The molecule has 0 aliphatic heterocycles. The molecule has 302 valence electrons. The van der Waals surface area contributed by atoms with Crippen LogP contribution in [0.1, 0.15) is 0 Å². The van der Waals surface area contributed by atoms with Gasteiger partial charge in [0.05, 0.1) is 11.0 Å². The average molecular weight is 847 g/mol. The summed E-state index contributed by atoms with van der Waals surface area (Å²) >= 11 is 1.85. The maximum atomic E-state index is 6.39. The zero-order chi connectivity index (χ0) is 42.6. The highest BCUT2D eigenvalue weighted by Crippen LogP contribution is 2.47. The zero-order valence-electron chi connectivity index (χ0n) is 34.7. The maximum absolute atomic E-state index is 6.39. The van der Waals surface area contributed by atoms with Crippen molar-refractivity contribution in [1.82, 2.24) is 19.5 Å². The number of aromatic nitrogens is 4. The summed E-state index contributed by atoms with van der Waals surface area (Å²) in [5.41, 5.74) is 9.85. The van der Waals surface area contributed by atoms with E-state index in [2.05, 4.69) is 174 Å². The first-order valence-electron chi connectivity index (χ1n) is 21.8. The van der Waals surface area contributed by atoms with Crippen LogP contribution in [0.3, 0.4) is 0 Å². The van der Waals surface area contributed by atoms with Crippen LogP contribution in [0, 0.1) is 0 Å². The third-order valence-corrected chi connectivity index (χ3v) is 14.2. The van der Waals surface area contributed by atoms with Gasteiger partial charge in [-0.25, -0.2) is 15.0 Å². The van der Waals surface area contributed by atoms with Crippen molar-refractivity contribution in [3.63, 3.8) is 0 Å². The molecule has 0 bridgehead atoms. The highest BCUT2D eigenvalue weighted by Gasteiger charge is 2.23. The van der Waals surface area contributed by atoms with Crippen LogP contribution in [0.15, 0.2) is 211 Å². The molecule has 0 aliphatic rings. The second-order valence-corrected chi connectivity index (χ2v) is 17.8. The first-order valence-corrected chi connectivity index (χ1v) is 22.7. The summed E-state index contributed by atoms with van der Waals surface area (Å²) in [4.78, 5) is 15.9. The van der Waals surface area contributed by atoms with Crippen LogP contribution in [0.25, 0.3) is 136 Å². The Morgan fingerprint density at radius 2 is 1.03 bits per heavy atom. The molecule has 0 radical (unpaired) electrons. The van der Waals surface area contributed by atoms with Gasteiger partial charge in [0.15, 0.2) is 17.5 Å². The molecule has 0 aliphatic carbocycles. The van der Waals surface area contributed by atoms with Crippen LogP contribution >= 0.6 is 11.3 Å². The summed E-state index contributed by atoms with van der Waals surface area (Å²) in [7, 11) is 0. The van der Waals surface area contributed by atoms with Gasteiger partial charge in [-0.05, 0) is 99.4 Å². The molecule has 4 aromatic heterocycles. The molecule has 4 heterocycles. The molecular weight excluding hydrogens is 813 g/mol. The van der Waals surface area contributed by atoms with Gasteiger partial charge in [-0.2, -0.15) is 0 Å². The molecule has 0 N–H and O–H groups in total. The fraction of sp³-hybridized carbons (Fsp3) is 0.